The largest absolute Gasteiger partial charge is 0.480 e. The first-order valence-corrected chi connectivity index (χ1v) is 9.02. The van der Waals surface area contributed by atoms with Crippen LogP contribution in [-0.2, 0) is 24.0 Å². The van der Waals surface area contributed by atoms with Crippen molar-refractivity contribution in [2.45, 2.75) is 56.8 Å². The van der Waals surface area contributed by atoms with Gasteiger partial charge in [0.2, 0.25) is 23.6 Å². The van der Waals surface area contributed by atoms with Gasteiger partial charge in [0.15, 0.2) is 6.04 Å². The SMILES string of the molecule is CC(O)C(NC(=O)C(CCCCN)NC(=O)C(CC(N)=O)NC(=O)CN)C(=O)O. The maximum Gasteiger partial charge on any atom is 0.328 e. The van der Waals surface area contributed by atoms with Crippen LogP contribution in [0, 0.1) is 0 Å². The standard InChI is InChI=1S/C16H30N6O7/c1-8(23)13(16(28)29)22-14(26)9(4-2-3-5-17)21-15(27)10(6-11(19)24)20-12(25)7-18/h8-10,13,23H,2-7,17-18H2,1H3,(H2,19,24)(H,20,25)(H,21,27)(H,22,26)(H,28,29). The summed E-state index contributed by atoms with van der Waals surface area (Å²) in [5.74, 6) is -4.77. The Hall–Kier alpha value is -2.77. The van der Waals surface area contributed by atoms with Gasteiger partial charge >= 0.3 is 5.97 Å². The predicted octanol–water partition coefficient (Wildman–Crippen LogP) is -4.13. The van der Waals surface area contributed by atoms with Crippen molar-refractivity contribution < 1.29 is 34.2 Å². The van der Waals surface area contributed by atoms with Crippen molar-refractivity contribution in [1.29, 1.82) is 0 Å². The second-order valence-electron chi connectivity index (χ2n) is 6.41. The number of nitrogens with two attached hydrogens (primary N) is 3. The summed E-state index contributed by atoms with van der Waals surface area (Å²) < 4.78 is 0. The number of carboxylic acids is 1. The number of aliphatic hydroxyl groups excluding tert-OH is 1. The van der Waals surface area contributed by atoms with E-state index in [2.05, 4.69) is 16.0 Å². The molecule has 0 aliphatic rings. The molecule has 0 saturated heterocycles. The number of hydrogen-bond acceptors (Lipinski definition) is 8. The highest BCUT2D eigenvalue weighted by Crippen LogP contribution is 2.04. The maximum absolute atomic E-state index is 12.5. The van der Waals surface area contributed by atoms with Gasteiger partial charge in [-0.2, -0.15) is 0 Å². The van der Waals surface area contributed by atoms with Gasteiger partial charge in [-0.3, -0.25) is 19.2 Å². The molecule has 4 amide bonds. The van der Waals surface area contributed by atoms with E-state index in [9.17, 15) is 29.1 Å². The van der Waals surface area contributed by atoms with Crippen molar-refractivity contribution in [3.63, 3.8) is 0 Å². The number of amides is 4. The third-order valence-corrected chi connectivity index (χ3v) is 3.87. The van der Waals surface area contributed by atoms with Crippen LogP contribution in [0.1, 0.15) is 32.6 Å². The number of carboxylic acid groups (broad SMARTS) is 1. The van der Waals surface area contributed by atoms with Crippen LogP contribution in [-0.4, -0.2) is 77.1 Å². The van der Waals surface area contributed by atoms with Gasteiger partial charge in [-0.05, 0) is 32.7 Å². The van der Waals surface area contributed by atoms with Crippen LogP contribution in [0.4, 0.5) is 0 Å². The molecule has 0 aromatic heterocycles. The van der Waals surface area contributed by atoms with Crippen molar-refractivity contribution in [2.75, 3.05) is 13.1 Å². The maximum atomic E-state index is 12.5. The first kappa shape index (κ1) is 26.2. The average Bonchev–Trinajstić information content (AvgIpc) is 2.63. The molecule has 13 heteroatoms. The van der Waals surface area contributed by atoms with E-state index >= 15 is 0 Å². The highest BCUT2D eigenvalue weighted by Gasteiger charge is 2.31. The molecular weight excluding hydrogens is 388 g/mol. The second kappa shape index (κ2) is 13.4. The van der Waals surface area contributed by atoms with Crippen LogP contribution in [0.25, 0.3) is 0 Å². The van der Waals surface area contributed by atoms with Gasteiger partial charge in [0.05, 0.1) is 19.1 Å². The molecule has 0 rings (SSSR count). The lowest BCUT2D eigenvalue weighted by Crippen LogP contribution is -2.58. The van der Waals surface area contributed by atoms with Gasteiger partial charge in [0.25, 0.3) is 0 Å². The van der Waals surface area contributed by atoms with E-state index in [4.69, 9.17) is 22.3 Å². The Kier molecular flexibility index (Phi) is 12.1. The monoisotopic (exact) mass is 418 g/mol. The summed E-state index contributed by atoms with van der Waals surface area (Å²) in [6.07, 6.45) is -0.845. The zero-order valence-electron chi connectivity index (χ0n) is 16.2. The fourth-order valence-electron chi connectivity index (χ4n) is 2.34. The van der Waals surface area contributed by atoms with E-state index < -0.39 is 66.8 Å². The molecule has 11 N–H and O–H groups in total. The summed E-state index contributed by atoms with van der Waals surface area (Å²) in [6.45, 7) is 1.09. The van der Waals surface area contributed by atoms with Crippen LogP contribution in [0.5, 0.6) is 0 Å². The van der Waals surface area contributed by atoms with Crippen LogP contribution >= 0.6 is 0 Å². The van der Waals surface area contributed by atoms with E-state index in [1.807, 2.05) is 0 Å². The lowest BCUT2D eigenvalue weighted by atomic mass is 10.1. The molecule has 166 valence electrons. The van der Waals surface area contributed by atoms with Gasteiger partial charge in [-0.15, -0.1) is 0 Å². The molecule has 0 radical (unpaired) electrons. The summed E-state index contributed by atoms with van der Waals surface area (Å²) in [6, 6.07) is -4.14. The molecule has 0 aliphatic heterocycles. The highest BCUT2D eigenvalue weighted by atomic mass is 16.4. The van der Waals surface area contributed by atoms with E-state index in [0.717, 1.165) is 0 Å². The zero-order chi connectivity index (χ0) is 22.6. The molecular formula is C16H30N6O7. The smallest absolute Gasteiger partial charge is 0.328 e. The van der Waals surface area contributed by atoms with E-state index in [1.165, 1.54) is 6.92 Å². The minimum absolute atomic E-state index is 0.106. The number of carbonyl (C=O) groups excluding carboxylic acids is 4. The van der Waals surface area contributed by atoms with E-state index in [0.29, 0.717) is 19.4 Å². The minimum Gasteiger partial charge on any atom is -0.480 e. The summed E-state index contributed by atoms with van der Waals surface area (Å²) in [5, 5.41) is 25.3. The van der Waals surface area contributed by atoms with Gasteiger partial charge in [-0.1, -0.05) is 0 Å². The molecule has 4 atom stereocenters. The predicted molar refractivity (Wildman–Crippen MR) is 101 cm³/mol. The van der Waals surface area contributed by atoms with Gasteiger partial charge in [0, 0.05) is 0 Å². The molecule has 13 nitrogen and oxygen atoms in total. The fourth-order valence-corrected chi connectivity index (χ4v) is 2.34. The molecule has 0 aromatic rings. The molecule has 0 aliphatic carbocycles. The minimum atomic E-state index is -1.59. The van der Waals surface area contributed by atoms with Crippen LogP contribution in [0.3, 0.4) is 0 Å². The Morgan fingerprint density at radius 1 is 0.931 bits per heavy atom. The summed E-state index contributed by atoms with van der Waals surface area (Å²) in [7, 11) is 0. The van der Waals surface area contributed by atoms with Crippen LogP contribution in [0.2, 0.25) is 0 Å². The third-order valence-electron chi connectivity index (χ3n) is 3.87. The normalized spacial score (nSPS) is 14.8. The Morgan fingerprint density at radius 3 is 1.97 bits per heavy atom. The number of hydrogen-bond donors (Lipinski definition) is 8. The summed E-state index contributed by atoms with van der Waals surface area (Å²) in [5.41, 5.74) is 15.7. The summed E-state index contributed by atoms with van der Waals surface area (Å²) >= 11 is 0. The van der Waals surface area contributed by atoms with Crippen molar-refractivity contribution in [3.05, 3.63) is 0 Å². The number of aliphatic hydroxyl groups is 1. The number of unbranched alkanes of at least 4 members (excludes halogenated alkanes) is 1. The topological polar surface area (TPSA) is 240 Å². The van der Waals surface area contributed by atoms with Crippen LogP contribution < -0.4 is 33.2 Å². The number of nitrogens with one attached hydrogen (secondary N) is 3. The number of rotatable bonds is 14. The molecule has 4 unspecified atom stereocenters. The first-order valence-electron chi connectivity index (χ1n) is 9.02. The van der Waals surface area contributed by atoms with Crippen molar-refractivity contribution in [3.8, 4) is 0 Å². The molecule has 0 fully saturated rings. The lowest BCUT2D eigenvalue weighted by molar-refractivity contribution is -0.145. The molecule has 29 heavy (non-hydrogen) atoms. The number of aliphatic carboxylic acids is 1. The van der Waals surface area contributed by atoms with Gasteiger partial charge in [0.1, 0.15) is 12.1 Å². The third kappa shape index (κ3) is 10.4. The van der Waals surface area contributed by atoms with Crippen molar-refractivity contribution in [1.82, 2.24) is 16.0 Å². The van der Waals surface area contributed by atoms with Crippen molar-refractivity contribution >= 4 is 29.6 Å². The molecule has 0 aromatic carbocycles. The van der Waals surface area contributed by atoms with Gasteiger partial charge < -0.3 is 43.4 Å². The zero-order valence-corrected chi connectivity index (χ0v) is 16.2. The Bertz CT molecular complexity index is 598. The van der Waals surface area contributed by atoms with Crippen LogP contribution in [0.15, 0.2) is 0 Å². The highest BCUT2D eigenvalue weighted by molar-refractivity contribution is 5.95. The second-order valence-corrected chi connectivity index (χ2v) is 6.41. The lowest BCUT2D eigenvalue weighted by Gasteiger charge is -2.25. The van der Waals surface area contributed by atoms with Gasteiger partial charge in [-0.25, -0.2) is 4.79 Å². The molecule has 0 saturated carbocycles. The Balaban J connectivity index is 5.36. The Morgan fingerprint density at radius 2 is 1.52 bits per heavy atom. The van der Waals surface area contributed by atoms with Crippen molar-refractivity contribution in [2.24, 2.45) is 17.2 Å². The fraction of sp³-hybridized carbons (Fsp3) is 0.688. The molecule has 0 bridgehead atoms. The first-order chi connectivity index (χ1) is 13.5. The average molecular weight is 418 g/mol. The van der Waals surface area contributed by atoms with E-state index in [1.54, 1.807) is 0 Å². The number of primary amides is 1. The molecule has 0 heterocycles. The number of carbonyl (C=O) groups is 5. The summed E-state index contributed by atoms with van der Waals surface area (Å²) in [4.78, 5) is 58.8. The molecule has 0 spiro atoms. The van der Waals surface area contributed by atoms with E-state index in [-0.39, 0.29) is 6.42 Å². The Labute approximate surface area is 167 Å². The quantitative estimate of drug-likeness (QED) is 0.128.